The number of benzene rings is 3. The summed E-state index contributed by atoms with van der Waals surface area (Å²) in [6, 6.07) is 32.1. The summed E-state index contributed by atoms with van der Waals surface area (Å²) in [4.78, 5) is 0. The molecule has 25 heavy (non-hydrogen) atoms. The molecule has 0 saturated heterocycles. The summed E-state index contributed by atoms with van der Waals surface area (Å²) in [5, 5.41) is 0.676. The molecule has 0 fully saturated rings. The topological polar surface area (TPSA) is 11.3 Å². The third kappa shape index (κ3) is 3.19. The van der Waals surface area contributed by atoms with Crippen LogP contribution in [0.1, 0.15) is 0 Å². The average Bonchev–Trinajstić information content (AvgIpc) is 2.69. The van der Waals surface area contributed by atoms with E-state index in [1.165, 1.54) is 0 Å². The molecule has 0 bridgehead atoms. The minimum Gasteiger partial charge on any atom is -0.206 e. The Balaban J connectivity index is 1.99. The van der Waals surface area contributed by atoms with E-state index in [9.17, 15) is 0 Å². The lowest BCUT2D eigenvalue weighted by atomic mass is 9.99. The van der Waals surface area contributed by atoms with Gasteiger partial charge in [-0.25, -0.2) is 4.42 Å². The Morgan fingerprint density at radius 1 is 0.560 bits per heavy atom. The van der Waals surface area contributed by atoms with Gasteiger partial charge in [0.25, 0.3) is 0 Å². The predicted molar refractivity (Wildman–Crippen MR) is 104 cm³/mol. The smallest absolute Gasteiger partial charge is 0.206 e. The Morgan fingerprint density at radius 2 is 1.04 bits per heavy atom. The first-order valence-corrected chi connectivity index (χ1v) is 8.53. The van der Waals surface area contributed by atoms with E-state index in [4.69, 9.17) is 16.0 Å². The van der Waals surface area contributed by atoms with Crippen LogP contribution in [-0.2, 0) is 0 Å². The molecule has 120 valence electrons. The van der Waals surface area contributed by atoms with Gasteiger partial charge in [-0.2, -0.15) is 0 Å². The van der Waals surface area contributed by atoms with Crippen LogP contribution in [-0.4, -0.2) is 0 Å². The summed E-state index contributed by atoms with van der Waals surface area (Å²) in [5.74, 6) is 1.53. The van der Waals surface area contributed by atoms with Crippen LogP contribution in [0.25, 0.3) is 33.8 Å². The van der Waals surface area contributed by atoms with Gasteiger partial charge in [-0.3, -0.25) is 0 Å². The largest absolute Gasteiger partial charge is 0.370 e. The summed E-state index contributed by atoms with van der Waals surface area (Å²) in [7, 11) is 0. The SMILES string of the molecule is Clc1cc(-c2ccccc2)[o+]c(-c2ccccc2)c1-c1ccccc1. The fourth-order valence-corrected chi connectivity index (χ4v) is 3.19. The third-order valence-electron chi connectivity index (χ3n) is 4.09. The minimum atomic E-state index is 0.676. The van der Waals surface area contributed by atoms with Crippen LogP contribution in [0.15, 0.2) is 101 Å². The van der Waals surface area contributed by atoms with Gasteiger partial charge >= 0.3 is 11.5 Å². The molecule has 0 spiro atoms. The molecule has 0 aliphatic heterocycles. The quantitative estimate of drug-likeness (QED) is 0.357. The molecule has 0 N–H and O–H groups in total. The predicted octanol–water partition coefficient (Wildman–Crippen LogP) is 7.22. The summed E-state index contributed by atoms with van der Waals surface area (Å²) in [6.07, 6.45) is 0. The number of hydrogen-bond acceptors (Lipinski definition) is 0. The molecule has 1 nitrogen and oxygen atoms in total. The first kappa shape index (κ1) is 15.6. The molecule has 1 aromatic heterocycles. The van der Waals surface area contributed by atoms with Gasteiger partial charge in [0.05, 0.1) is 22.2 Å². The highest BCUT2D eigenvalue weighted by Crippen LogP contribution is 2.40. The van der Waals surface area contributed by atoms with E-state index < -0.39 is 0 Å². The van der Waals surface area contributed by atoms with Crippen LogP contribution < -0.4 is 0 Å². The Morgan fingerprint density at radius 3 is 1.60 bits per heavy atom. The van der Waals surface area contributed by atoms with Crippen molar-refractivity contribution in [1.82, 2.24) is 0 Å². The van der Waals surface area contributed by atoms with Crippen molar-refractivity contribution < 1.29 is 4.42 Å². The molecule has 0 amide bonds. The van der Waals surface area contributed by atoms with Crippen LogP contribution in [0.2, 0.25) is 5.02 Å². The zero-order valence-electron chi connectivity index (χ0n) is 13.5. The average molecular weight is 344 g/mol. The Hall–Kier alpha value is -2.90. The second kappa shape index (κ2) is 6.92. The van der Waals surface area contributed by atoms with Crippen LogP contribution in [0.5, 0.6) is 0 Å². The molecule has 2 heteroatoms. The van der Waals surface area contributed by atoms with Crippen molar-refractivity contribution in [1.29, 1.82) is 0 Å². The lowest BCUT2D eigenvalue weighted by Gasteiger charge is -2.05. The molecule has 3 aromatic carbocycles. The van der Waals surface area contributed by atoms with E-state index in [1.807, 2.05) is 97.1 Å². The Bertz CT molecular complexity index is 980. The molecule has 0 aliphatic rings. The molecule has 0 saturated carbocycles. The summed E-state index contributed by atoms with van der Waals surface area (Å²) >= 11 is 6.71. The van der Waals surface area contributed by atoms with Crippen molar-refractivity contribution in [3.8, 4) is 33.8 Å². The summed E-state index contributed by atoms with van der Waals surface area (Å²) < 4.78 is 6.33. The van der Waals surface area contributed by atoms with Gasteiger partial charge in [0.2, 0.25) is 0 Å². The highest BCUT2D eigenvalue weighted by atomic mass is 35.5. The fraction of sp³-hybridized carbons (Fsp3) is 0. The van der Waals surface area contributed by atoms with Gasteiger partial charge in [-0.15, -0.1) is 0 Å². The van der Waals surface area contributed by atoms with Gasteiger partial charge in [-0.1, -0.05) is 78.3 Å². The maximum atomic E-state index is 6.71. The Kier molecular flexibility index (Phi) is 4.32. The van der Waals surface area contributed by atoms with Gasteiger partial charge in [-0.05, 0) is 29.8 Å². The van der Waals surface area contributed by atoms with E-state index in [2.05, 4.69) is 0 Å². The van der Waals surface area contributed by atoms with E-state index in [0.717, 1.165) is 33.8 Å². The normalized spacial score (nSPS) is 10.6. The summed E-state index contributed by atoms with van der Waals surface area (Å²) in [5.41, 5.74) is 3.95. The van der Waals surface area contributed by atoms with E-state index in [0.29, 0.717) is 5.02 Å². The van der Waals surface area contributed by atoms with E-state index in [-0.39, 0.29) is 0 Å². The van der Waals surface area contributed by atoms with Crippen LogP contribution in [0.4, 0.5) is 0 Å². The minimum absolute atomic E-state index is 0.676. The standard InChI is InChI=1S/C23H16ClO/c24-20-16-21(17-10-4-1-5-11-17)25-23(19-14-8-3-9-15-19)22(20)18-12-6-2-7-13-18/h1-16H/q+1. The maximum absolute atomic E-state index is 6.71. The van der Waals surface area contributed by atoms with Gasteiger partial charge in [0, 0.05) is 0 Å². The van der Waals surface area contributed by atoms with E-state index in [1.54, 1.807) is 0 Å². The Labute approximate surface area is 152 Å². The van der Waals surface area contributed by atoms with Gasteiger partial charge in [0.15, 0.2) is 0 Å². The lowest BCUT2D eigenvalue weighted by molar-refractivity contribution is 0.583. The fourth-order valence-electron chi connectivity index (χ4n) is 2.90. The van der Waals surface area contributed by atoms with Gasteiger partial charge < -0.3 is 0 Å². The highest BCUT2D eigenvalue weighted by Gasteiger charge is 2.27. The van der Waals surface area contributed by atoms with Crippen molar-refractivity contribution in [2.75, 3.05) is 0 Å². The number of rotatable bonds is 3. The third-order valence-corrected chi connectivity index (χ3v) is 4.39. The van der Waals surface area contributed by atoms with Crippen molar-refractivity contribution in [2.24, 2.45) is 0 Å². The van der Waals surface area contributed by atoms with Crippen molar-refractivity contribution >= 4 is 11.6 Å². The monoisotopic (exact) mass is 343 g/mol. The van der Waals surface area contributed by atoms with Crippen LogP contribution in [0, 0.1) is 0 Å². The second-order valence-electron chi connectivity index (χ2n) is 5.76. The second-order valence-corrected chi connectivity index (χ2v) is 6.17. The molecule has 4 rings (SSSR count). The number of hydrogen-bond donors (Lipinski definition) is 0. The number of halogens is 1. The van der Waals surface area contributed by atoms with Crippen molar-refractivity contribution in [3.63, 3.8) is 0 Å². The van der Waals surface area contributed by atoms with Crippen LogP contribution in [0.3, 0.4) is 0 Å². The zero-order chi connectivity index (χ0) is 17.1. The summed E-state index contributed by atoms with van der Waals surface area (Å²) in [6.45, 7) is 0. The molecule has 0 atom stereocenters. The van der Waals surface area contributed by atoms with Crippen molar-refractivity contribution in [2.45, 2.75) is 0 Å². The molecule has 0 unspecified atom stereocenters. The van der Waals surface area contributed by atoms with Crippen molar-refractivity contribution in [3.05, 3.63) is 102 Å². The molecule has 0 aliphatic carbocycles. The molecule has 0 radical (unpaired) electrons. The molecule has 1 heterocycles. The molecular weight excluding hydrogens is 328 g/mol. The zero-order valence-corrected chi connectivity index (χ0v) is 14.3. The van der Waals surface area contributed by atoms with E-state index >= 15 is 0 Å². The molecular formula is C23H16ClO+. The first-order valence-electron chi connectivity index (χ1n) is 8.16. The van der Waals surface area contributed by atoms with Crippen LogP contribution >= 0.6 is 11.6 Å². The lowest BCUT2D eigenvalue weighted by Crippen LogP contribution is -1.89. The maximum Gasteiger partial charge on any atom is 0.370 e. The first-order chi connectivity index (χ1) is 12.3. The highest BCUT2D eigenvalue weighted by molar-refractivity contribution is 6.34. The molecule has 4 aromatic rings. The van der Waals surface area contributed by atoms with Gasteiger partial charge in [0.1, 0.15) is 5.56 Å².